The quantitative estimate of drug-likeness (QED) is 0.751. The van der Waals surface area contributed by atoms with E-state index in [1.807, 2.05) is 12.1 Å². The van der Waals surface area contributed by atoms with Crippen molar-refractivity contribution < 1.29 is 9.47 Å². The Morgan fingerprint density at radius 2 is 2.07 bits per heavy atom. The van der Waals surface area contributed by atoms with E-state index >= 15 is 0 Å². The highest BCUT2D eigenvalue weighted by atomic mass is 35.5. The number of hydrogen-bond acceptors (Lipinski definition) is 2. The van der Waals surface area contributed by atoms with Crippen LogP contribution < -0.4 is 0 Å². The molecule has 76 valence electrons. The molecule has 0 bridgehead atoms. The molecular weight excluding hydrogens is 200 g/mol. The van der Waals surface area contributed by atoms with Crippen molar-refractivity contribution in [3.63, 3.8) is 0 Å². The highest BCUT2D eigenvalue weighted by Gasteiger charge is 2.26. The van der Waals surface area contributed by atoms with Crippen LogP contribution in [0, 0.1) is 0 Å². The Hall–Kier alpha value is -0.570. The Morgan fingerprint density at radius 1 is 1.36 bits per heavy atom. The van der Waals surface area contributed by atoms with Crippen LogP contribution in [0.4, 0.5) is 0 Å². The van der Waals surface area contributed by atoms with Gasteiger partial charge < -0.3 is 9.47 Å². The molecule has 1 saturated heterocycles. The first kappa shape index (κ1) is 9.97. The fourth-order valence-electron chi connectivity index (χ4n) is 1.72. The van der Waals surface area contributed by atoms with Crippen LogP contribution in [-0.2, 0) is 9.47 Å². The summed E-state index contributed by atoms with van der Waals surface area (Å²) >= 11 is 5.82. The Morgan fingerprint density at radius 3 is 2.64 bits per heavy atom. The summed E-state index contributed by atoms with van der Waals surface area (Å²) in [6, 6.07) is 7.93. The van der Waals surface area contributed by atoms with Crippen LogP contribution in [0.15, 0.2) is 24.3 Å². The summed E-state index contributed by atoms with van der Waals surface area (Å²) in [5.74, 6) is 0.442. The topological polar surface area (TPSA) is 18.5 Å². The number of methoxy groups -OCH3 is 1. The lowest BCUT2D eigenvalue weighted by Crippen LogP contribution is -2.06. The van der Waals surface area contributed by atoms with Gasteiger partial charge in [0.25, 0.3) is 0 Å². The molecule has 14 heavy (non-hydrogen) atoms. The minimum absolute atomic E-state index is 0.0457. The molecule has 0 N–H and O–H groups in total. The Balaban J connectivity index is 2.06. The molecule has 0 amide bonds. The molecule has 0 aliphatic carbocycles. The van der Waals surface area contributed by atoms with Gasteiger partial charge in [-0.05, 0) is 17.7 Å². The maximum Gasteiger partial charge on any atom is 0.157 e. The van der Waals surface area contributed by atoms with Gasteiger partial charge >= 0.3 is 0 Å². The van der Waals surface area contributed by atoms with Crippen molar-refractivity contribution in [2.24, 2.45) is 0 Å². The van der Waals surface area contributed by atoms with E-state index in [2.05, 4.69) is 12.1 Å². The smallest absolute Gasteiger partial charge is 0.157 e. The number of halogens is 1. The summed E-state index contributed by atoms with van der Waals surface area (Å²) in [6.45, 7) is 0.736. The van der Waals surface area contributed by atoms with Gasteiger partial charge in [-0.2, -0.15) is 0 Å². The molecule has 1 aromatic rings. The van der Waals surface area contributed by atoms with Crippen molar-refractivity contribution in [3.05, 3.63) is 34.9 Å². The fourth-order valence-corrected chi connectivity index (χ4v) is 1.85. The van der Waals surface area contributed by atoms with Crippen LogP contribution in [0.2, 0.25) is 5.02 Å². The van der Waals surface area contributed by atoms with E-state index in [1.165, 1.54) is 5.56 Å². The Bertz CT molecular complexity index is 297. The third kappa shape index (κ3) is 2.08. The van der Waals surface area contributed by atoms with Gasteiger partial charge in [-0.3, -0.25) is 0 Å². The monoisotopic (exact) mass is 212 g/mol. The zero-order valence-electron chi connectivity index (χ0n) is 8.07. The lowest BCUT2D eigenvalue weighted by molar-refractivity contribution is -0.0880. The zero-order valence-corrected chi connectivity index (χ0v) is 8.83. The summed E-state index contributed by atoms with van der Waals surface area (Å²) in [5.41, 5.74) is 1.27. The van der Waals surface area contributed by atoms with Gasteiger partial charge in [0.1, 0.15) is 0 Å². The number of ether oxygens (including phenoxy) is 2. The lowest BCUT2D eigenvalue weighted by Gasteiger charge is -2.07. The van der Waals surface area contributed by atoms with Gasteiger partial charge in [0.05, 0.1) is 6.61 Å². The molecule has 1 aromatic carbocycles. The number of rotatable bonds is 2. The van der Waals surface area contributed by atoms with E-state index in [0.29, 0.717) is 5.92 Å². The molecule has 2 rings (SSSR count). The largest absolute Gasteiger partial charge is 0.356 e. The summed E-state index contributed by atoms with van der Waals surface area (Å²) in [7, 11) is 1.68. The summed E-state index contributed by atoms with van der Waals surface area (Å²) in [5, 5.41) is 0.774. The molecule has 0 saturated carbocycles. The third-order valence-electron chi connectivity index (χ3n) is 2.56. The fraction of sp³-hybridized carbons (Fsp3) is 0.455. The van der Waals surface area contributed by atoms with Crippen LogP contribution in [0.5, 0.6) is 0 Å². The number of hydrogen-bond donors (Lipinski definition) is 0. The second kappa shape index (κ2) is 4.30. The first-order valence-corrected chi connectivity index (χ1v) is 5.07. The highest BCUT2D eigenvalue weighted by molar-refractivity contribution is 6.30. The molecule has 2 atom stereocenters. The molecule has 0 radical (unpaired) electrons. The van der Waals surface area contributed by atoms with Gasteiger partial charge in [0, 0.05) is 24.5 Å². The minimum atomic E-state index is -0.0457. The SMILES string of the molecule is CO[C@@H]1C[C@H](c2ccc(Cl)cc2)CO1. The predicted molar refractivity (Wildman–Crippen MR) is 55.6 cm³/mol. The van der Waals surface area contributed by atoms with Crippen LogP contribution in [0.1, 0.15) is 17.9 Å². The van der Waals surface area contributed by atoms with Crippen molar-refractivity contribution in [1.82, 2.24) is 0 Å². The van der Waals surface area contributed by atoms with Crippen LogP contribution in [0.25, 0.3) is 0 Å². The molecule has 0 spiro atoms. The highest BCUT2D eigenvalue weighted by Crippen LogP contribution is 2.30. The van der Waals surface area contributed by atoms with Crippen molar-refractivity contribution in [2.75, 3.05) is 13.7 Å². The first-order chi connectivity index (χ1) is 6.79. The van der Waals surface area contributed by atoms with E-state index < -0.39 is 0 Å². The van der Waals surface area contributed by atoms with Gasteiger partial charge in [-0.1, -0.05) is 23.7 Å². The van der Waals surface area contributed by atoms with Gasteiger partial charge in [0.2, 0.25) is 0 Å². The van der Waals surface area contributed by atoms with Crippen LogP contribution in [-0.4, -0.2) is 20.0 Å². The van der Waals surface area contributed by atoms with Crippen molar-refractivity contribution in [2.45, 2.75) is 18.6 Å². The molecular formula is C11H13ClO2. The van der Waals surface area contributed by atoms with Gasteiger partial charge in [-0.15, -0.1) is 0 Å². The van der Waals surface area contributed by atoms with Gasteiger partial charge in [-0.25, -0.2) is 0 Å². The zero-order chi connectivity index (χ0) is 9.97. The molecule has 1 aliphatic heterocycles. The first-order valence-electron chi connectivity index (χ1n) is 4.69. The predicted octanol–water partition coefficient (Wildman–Crippen LogP) is 2.82. The van der Waals surface area contributed by atoms with Crippen LogP contribution >= 0.6 is 11.6 Å². The molecule has 2 nitrogen and oxygen atoms in total. The van der Waals surface area contributed by atoms with Crippen molar-refractivity contribution in [1.29, 1.82) is 0 Å². The van der Waals surface area contributed by atoms with E-state index in [0.717, 1.165) is 18.1 Å². The van der Waals surface area contributed by atoms with E-state index in [-0.39, 0.29) is 6.29 Å². The molecule has 1 fully saturated rings. The second-order valence-electron chi connectivity index (χ2n) is 3.48. The maximum absolute atomic E-state index is 5.82. The molecule has 1 heterocycles. The Kier molecular flexibility index (Phi) is 3.06. The average Bonchev–Trinajstić information content (AvgIpc) is 2.67. The Labute approximate surface area is 88.8 Å². The molecule has 0 aromatic heterocycles. The van der Waals surface area contributed by atoms with Crippen molar-refractivity contribution >= 4 is 11.6 Å². The third-order valence-corrected chi connectivity index (χ3v) is 2.82. The standard InChI is InChI=1S/C11H13ClO2/c1-13-11-6-9(7-14-11)8-2-4-10(12)5-3-8/h2-5,9,11H,6-7H2,1H3/t9-,11-/m0/s1. The number of benzene rings is 1. The molecule has 3 heteroatoms. The second-order valence-corrected chi connectivity index (χ2v) is 3.92. The summed E-state index contributed by atoms with van der Waals surface area (Å²) in [4.78, 5) is 0. The van der Waals surface area contributed by atoms with Crippen molar-refractivity contribution in [3.8, 4) is 0 Å². The summed E-state index contributed by atoms with van der Waals surface area (Å²) < 4.78 is 10.6. The maximum atomic E-state index is 5.82. The summed E-state index contributed by atoms with van der Waals surface area (Å²) in [6.07, 6.45) is 0.883. The van der Waals surface area contributed by atoms with E-state index in [9.17, 15) is 0 Å². The van der Waals surface area contributed by atoms with E-state index in [1.54, 1.807) is 7.11 Å². The average molecular weight is 213 g/mol. The lowest BCUT2D eigenvalue weighted by atomic mass is 9.98. The normalized spacial score (nSPS) is 26.7. The molecule has 1 aliphatic rings. The van der Waals surface area contributed by atoms with Crippen LogP contribution in [0.3, 0.4) is 0 Å². The van der Waals surface area contributed by atoms with Gasteiger partial charge in [0.15, 0.2) is 6.29 Å². The molecule has 0 unspecified atom stereocenters. The van der Waals surface area contributed by atoms with E-state index in [4.69, 9.17) is 21.1 Å². The minimum Gasteiger partial charge on any atom is -0.356 e.